The van der Waals surface area contributed by atoms with Crippen molar-refractivity contribution in [3.63, 3.8) is 0 Å². The summed E-state index contributed by atoms with van der Waals surface area (Å²) < 4.78 is 11.3. The molecule has 0 atom stereocenters. The summed E-state index contributed by atoms with van der Waals surface area (Å²) in [5.41, 5.74) is 2.72. The summed E-state index contributed by atoms with van der Waals surface area (Å²) in [7, 11) is 0. The molecule has 3 rings (SSSR count). The number of anilines is 1. The Labute approximate surface area is 211 Å². The first-order valence-corrected chi connectivity index (χ1v) is 12.6. The second-order valence-corrected chi connectivity index (χ2v) is 9.51. The summed E-state index contributed by atoms with van der Waals surface area (Å²) in [5.74, 6) is -0.329. The van der Waals surface area contributed by atoms with E-state index < -0.39 is 23.7 Å². The first-order chi connectivity index (χ1) is 16.8. The van der Waals surface area contributed by atoms with Gasteiger partial charge in [-0.3, -0.25) is 19.3 Å². The van der Waals surface area contributed by atoms with E-state index in [0.717, 1.165) is 41.0 Å². The molecule has 2 aromatic carbocycles. The minimum absolute atomic E-state index is 0.169. The van der Waals surface area contributed by atoms with Crippen LogP contribution >= 0.6 is 11.8 Å². The number of benzene rings is 2. The number of hydrogen-bond donors (Lipinski definition) is 0. The van der Waals surface area contributed by atoms with E-state index in [1.54, 1.807) is 6.08 Å². The average molecular weight is 497 g/mol. The van der Waals surface area contributed by atoms with E-state index in [1.807, 2.05) is 62.4 Å². The lowest BCUT2D eigenvalue weighted by atomic mass is 10.1. The Kier molecular flexibility index (Phi) is 9.37. The zero-order valence-electron chi connectivity index (χ0n) is 20.7. The topological polar surface area (TPSA) is 76.2 Å². The summed E-state index contributed by atoms with van der Waals surface area (Å²) in [6.07, 6.45) is 1.65. The van der Waals surface area contributed by atoms with Crippen LogP contribution in [0.1, 0.15) is 38.8 Å². The van der Waals surface area contributed by atoms with Gasteiger partial charge in [-0.2, -0.15) is 0 Å². The molecule has 8 heteroatoms. The molecular weight excluding hydrogens is 464 g/mol. The van der Waals surface area contributed by atoms with Gasteiger partial charge in [0.25, 0.3) is 11.1 Å². The van der Waals surface area contributed by atoms with Crippen LogP contribution in [0.5, 0.6) is 5.75 Å². The van der Waals surface area contributed by atoms with E-state index in [-0.39, 0.29) is 17.4 Å². The Bertz CT molecular complexity index is 1080. The highest BCUT2D eigenvalue weighted by atomic mass is 32.2. The maximum atomic E-state index is 12.9. The molecule has 2 aromatic rings. The summed E-state index contributed by atoms with van der Waals surface area (Å²) in [6, 6.07) is 15.6. The van der Waals surface area contributed by atoms with Gasteiger partial charge in [-0.05, 0) is 55.3 Å². The monoisotopic (exact) mass is 496 g/mol. The van der Waals surface area contributed by atoms with Crippen LogP contribution in [0.2, 0.25) is 0 Å². The van der Waals surface area contributed by atoms with E-state index in [1.165, 1.54) is 0 Å². The fraction of sp³-hybridized carbons (Fsp3) is 0.370. The van der Waals surface area contributed by atoms with Crippen molar-refractivity contribution in [1.82, 2.24) is 4.90 Å². The molecule has 2 amide bonds. The Morgan fingerprint density at radius 1 is 1.09 bits per heavy atom. The number of rotatable bonds is 11. The van der Waals surface area contributed by atoms with Gasteiger partial charge >= 0.3 is 5.97 Å². The van der Waals surface area contributed by atoms with Gasteiger partial charge in [0.2, 0.25) is 0 Å². The van der Waals surface area contributed by atoms with Gasteiger partial charge in [0.15, 0.2) is 0 Å². The highest BCUT2D eigenvalue weighted by molar-refractivity contribution is 8.18. The highest BCUT2D eigenvalue weighted by Gasteiger charge is 2.37. The van der Waals surface area contributed by atoms with Crippen LogP contribution in [0.3, 0.4) is 0 Å². The van der Waals surface area contributed by atoms with Crippen LogP contribution in [0.15, 0.2) is 53.4 Å². The third kappa shape index (κ3) is 7.11. The predicted molar refractivity (Wildman–Crippen MR) is 139 cm³/mol. The number of esters is 1. The maximum absolute atomic E-state index is 12.9. The number of amides is 2. The Hall–Kier alpha value is -3.26. The molecule has 0 N–H and O–H groups in total. The molecule has 0 aliphatic carbocycles. The lowest BCUT2D eigenvalue weighted by Crippen LogP contribution is -2.34. The van der Waals surface area contributed by atoms with E-state index in [4.69, 9.17) is 9.47 Å². The van der Waals surface area contributed by atoms with E-state index in [0.29, 0.717) is 17.9 Å². The fourth-order valence-electron chi connectivity index (χ4n) is 3.50. The van der Waals surface area contributed by atoms with Crippen molar-refractivity contribution >= 4 is 40.6 Å². The van der Waals surface area contributed by atoms with E-state index in [9.17, 15) is 14.4 Å². The van der Waals surface area contributed by atoms with Crippen LogP contribution in [-0.2, 0) is 20.9 Å². The smallest absolute Gasteiger partial charge is 0.326 e. The van der Waals surface area contributed by atoms with E-state index >= 15 is 0 Å². The minimum Gasteiger partial charge on any atom is -0.488 e. The average Bonchev–Trinajstić information content (AvgIpc) is 3.11. The molecular formula is C27H32N2O5S. The van der Waals surface area contributed by atoms with Gasteiger partial charge in [0, 0.05) is 30.4 Å². The third-order valence-corrected chi connectivity index (χ3v) is 6.30. The zero-order chi connectivity index (χ0) is 25.4. The lowest BCUT2D eigenvalue weighted by Gasteiger charge is -2.22. The zero-order valence-corrected chi connectivity index (χ0v) is 21.5. The van der Waals surface area contributed by atoms with Crippen molar-refractivity contribution in [2.75, 3.05) is 31.1 Å². The van der Waals surface area contributed by atoms with Crippen LogP contribution in [0.4, 0.5) is 10.5 Å². The van der Waals surface area contributed by atoms with Crippen molar-refractivity contribution in [3.8, 4) is 5.75 Å². The summed E-state index contributed by atoms with van der Waals surface area (Å²) >= 11 is 0.810. The van der Waals surface area contributed by atoms with E-state index in [2.05, 4.69) is 18.7 Å². The van der Waals surface area contributed by atoms with Crippen LogP contribution in [0, 0.1) is 5.92 Å². The molecule has 186 valence electrons. The Morgan fingerprint density at radius 3 is 2.46 bits per heavy atom. The minimum atomic E-state index is -0.599. The molecule has 0 spiro atoms. The summed E-state index contributed by atoms with van der Waals surface area (Å²) in [5, 5.41) is -0.491. The number of imide groups is 1. The van der Waals surface area contributed by atoms with Crippen LogP contribution in [-0.4, -0.2) is 48.3 Å². The Balaban J connectivity index is 1.84. The molecule has 1 aliphatic heterocycles. The molecule has 1 saturated heterocycles. The molecule has 0 bridgehead atoms. The molecule has 0 radical (unpaired) electrons. The molecule has 7 nitrogen and oxygen atoms in total. The largest absolute Gasteiger partial charge is 0.488 e. The van der Waals surface area contributed by atoms with Gasteiger partial charge in [0.1, 0.15) is 18.9 Å². The van der Waals surface area contributed by atoms with Gasteiger partial charge in [0.05, 0.1) is 11.5 Å². The molecule has 0 aromatic heterocycles. The molecule has 35 heavy (non-hydrogen) atoms. The predicted octanol–water partition coefficient (Wildman–Crippen LogP) is 5.35. The lowest BCUT2D eigenvalue weighted by molar-refractivity contribution is -0.147. The number of thioether (sulfide) groups is 1. The number of hydrogen-bond acceptors (Lipinski definition) is 7. The summed E-state index contributed by atoms with van der Waals surface area (Å²) in [4.78, 5) is 40.8. The van der Waals surface area contributed by atoms with Crippen LogP contribution < -0.4 is 9.64 Å². The van der Waals surface area contributed by atoms with Gasteiger partial charge in [-0.25, -0.2) is 0 Å². The number of carbonyl (C=O) groups is 3. The van der Waals surface area contributed by atoms with Crippen molar-refractivity contribution in [2.24, 2.45) is 5.92 Å². The van der Waals surface area contributed by atoms with Crippen molar-refractivity contribution in [1.29, 1.82) is 0 Å². The number of ether oxygens (including phenoxy) is 2. The van der Waals surface area contributed by atoms with Crippen molar-refractivity contribution < 1.29 is 23.9 Å². The molecule has 1 fully saturated rings. The standard InChI is InChI=1S/C27H32N2O5S/c1-5-28(6-2)22-13-12-21(23(15-22)33-18-20-10-8-7-9-11-20)14-24-26(31)29(27(32)35-24)16-25(30)34-17-19(3)4/h7-15,19H,5-6,16-18H2,1-4H3/b24-14+. The molecule has 1 heterocycles. The second-order valence-electron chi connectivity index (χ2n) is 8.51. The van der Waals surface area contributed by atoms with Crippen molar-refractivity contribution in [3.05, 3.63) is 64.6 Å². The Morgan fingerprint density at radius 2 is 1.80 bits per heavy atom. The van der Waals surface area contributed by atoms with Gasteiger partial charge < -0.3 is 14.4 Å². The SMILES string of the molecule is CCN(CC)c1ccc(/C=C2/SC(=O)N(CC(=O)OCC(C)C)C2=O)c(OCc2ccccc2)c1. The highest BCUT2D eigenvalue weighted by Crippen LogP contribution is 2.35. The van der Waals surface area contributed by atoms with Gasteiger partial charge in [-0.1, -0.05) is 44.2 Å². The third-order valence-electron chi connectivity index (χ3n) is 5.39. The maximum Gasteiger partial charge on any atom is 0.326 e. The molecule has 1 aliphatic rings. The number of nitrogens with zero attached hydrogens (tertiary/aromatic N) is 2. The first-order valence-electron chi connectivity index (χ1n) is 11.8. The quantitative estimate of drug-likeness (QED) is 0.307. The fourth-order valence-corrected chi connectivity index (χ4v) is 4.33. The normalized spacial score (nSPS) is 14.7. The van der Waals surface area contributed by atoms with Crippen molar-refractivity contribution in [2.45, 2.75) is 34.3 Å². The van der Waals surface area contributed by atoms with Crippen LogP contribution in [0.25, 0.3) is 6.08 Å². The molecule has 0 saturated carbocycles. The summed E-state index contributed by atoms with van der Waals surface area (Å²) in [6.45, 7) is 9.91. The second kappa shape index (κ2) is 12.4. The number of carbonyl (C=O) groups excluding carboxylic acids is 3. The first kappa shape index (κ1) is 26.3. The van der Waals surface area contributed by atoms with Gasteiger partial charge in [-0.15, -0.1) is 0 Å². The molecule has 0 unspecified atom stereocenters.